The summed E-state index contributed by atoms with van der Waals surface area (Å²) in [5.41, 5.74) is 0. The molecule has 0 aromatic heterocycles. The zero-order valence-electron chi connectivity index (χ0n) is 11.2. The summed E-state index contributed by atoms with van der Waals surface area (Å²) in [6.07, 6.45) is 9.50. The van der Waals surface area contributed by atoms with Crippen molar-refractivity contribution in [2.45, 2.75) is 65.2 Å². The maximum atomic E-state index is 11.2. The Kier molecular flexibility index (Phi) is 16.0. The summed E-state index contributed by atoms with van der Waals surface area (Å²) in [5, 5.41) is 7.60. The molecule has 0 heterocycles. The van der Waals surface area contributed by atoms with Crippen molar-refractivity contribution in [1.82, 2.24) is 0 Å². The molecule has 0 amide bonds. The summed E-state index contributed by atoms with van der Waals surface area (Å²) in [7, 11) is 0. The smallest absolute Gasteiger partial charge is 0.327 e. The van der Waals surface area contributed by atoms with E-state index in [1.807, 2.05) is 0 Å². The molecule has 0 spiro atoms. The van der Waals surface area contributed by atoms with Gasteiger partial charge in [0, 0.05) is 18.9 Å². The van der Waals surface area contributed by atoms with E-state index < -0.39 is 5.97 Å². The molecule has 0 rings (SSSR count). The number of ketones is 1. The predicted molar refractivity (Wildman–Crippen MR) is 71.1 cm³/mol. The number of hydrogen-bond donors (Lipinski definition) is 1. The van der Waals surface area contributed by atoms with Crippen molar-refractivity contribution in [3.8, 4) is 0 Å². The Morgan fingerprint density at radius 1 is 1.00 bits per heavy atom. The molecule has 0 aliphatic heterocycles. The number of Topliss-reactive ketones (excluding diaryl/α,β-unsaturated/α-hetero) is 1. The van der Waals surface area contributed by atoms with Crippen molar-refractivity contribution in [2.75, 3.05) is 0 Å². The highest BCUT2D eigenvalue weighted by Gasteiger charge is 1.99. The van der Waals surface area contributed by atoms with Crippen LogP contribution < -0.4 is 0 Å². The Morgan fingerprint density at radius 2 is 1.35 bits per heavy atom. The van der Waals surface area contributed by atoms with Crippen LogP contribution in [0.2, 0.25) is 0 Å². The number of aliphatic carboxylic acids is 1. The highest BCUT2D eigenvalue weighted by molar-refractivity contribution is 5.78. The molecule has 0 radical (unpaired) electrons. The minimum atomic E-state index is -0.981. The van der Waals surface area contributed by atoms with Gasteiger partial charge in [-0.1, -0.05) is 46.1 Å². The molecule has 0 aromatic rings. The van der Waals surface area contributed by atoms with Crippen LogP contribution >= 0.6 is 0 Å². The Morgan fingerprint density at radius 3 is 1.59 bits per heavy atom. The van der Waals surface area contributed by atoms with Crippen molar-refractivity contribution in [2.24, 2.45) is 0 Å². The molecule has 3 heteroatoms. The average Bonchev–Trinajstić information content (AvgIpc) is 2.30. The Labute approximate surface area is 105 Å². The third-order valence-corrected chi connectivity index (χ3v) is 2.29. The lowest BCUT2D eigenvalue weighted by molar-refractivity contribution is -0.131. The lowest BCUT2D eigenvalue weighted by Gasteiger charge is -1.98. The van der Waals surface area contributed by atoms with Crippen molar-refractivity contribution in [1.29, 1.82) is 0 Å². The summed E-state index contributed by atoms with van der Waals surface area (Å²) in [6.45, 7) is 7.30. The molecular formula is C14H26O3. The molecule has 100 valence electrons. The molecule has 0 unspecified atom stereocenters. The molecule has 0 aromatic carbocycles. The standard InChI is InChI=1S/C11H22O.C3H4O2/c1-3-5-7-9-11(12)10-8-6-4-2;1-2-3(4)5/h3-10H2,1-2H3;2H,1H2,(H,4,5). The summed E-state index contributed by atoms with van der Waals surface area (Å²) in [5.74, 6) is -0.512. The zero-order chi connectivity index (χ0) is 13.5. The van der Waals surface area contributed by atoms with E-state index in [1.54, 1.807) is 0 Å². The van der Waals surface area contributed by atoms with E-state index >= 15 is 0 Å². The second kappa shape index (κ2) is 14.9. The highest BCUT2D eigenvalue weighted by Crippen LogP contribution is 2.05. The molecule has 17 heavy (non-hydrogen) atoms. The molecule has 0 atom stereocenters. The number of hydrogen-bond acceptors (Lipinski definition) is 2. The van der Waals surface area contributed by atoms with E-state index in [0.717, 1.165) is 31.8 Å². The van der Waals surface area contributed by atoms with Crippen molar-refractivity contribution in [3.05, 3.63) is 12.7 Å². The molecule has 3 nitrogen and oxygen atoms in total. The minimum Gasteiger partial charge on any atom is -0.478 e. The van der Waals surface area contributed by atoms with E-state index in [4.69, 9.17) is 5.11 Å². The van der Waals surface area contributed by atoms with Crippen LogP contribution in [0.15, 0.2) is 12.7 Å². The van der Waals surface area contributed by atoms with E-state index in [0.29, 0.717) is 5.78 Å². The molecule has 0 aliphatic carbocycles. The highest BCUT2D eigenvalue weighted by atomic mass is 16.4. The van der Waals surface area contributed by atoms with Gasteiger partial charge in [-0.05, 0) is 12.8 Å². The number of unbranched alkanes of at least 4 members (excludes halogenated alkanes) is 4. The van der Waals surface area contributed by atoms with Crippen LogP contribution in [0.5, 0.6) is 0 Å². The second-order valence-corrected chi connectivity index (χ2v) is 4.00. The molecule has 1 N–H and O–H groups in total. The van der Waals surface area contributed by atoms with Crippen LogP contribution in [0.1, 0.15) is 65.2 Å². The Hall–Kier alpha value is -1.12. The van der Waals surface area contributed by atoms with Gasteiger partial charge in [0.1, 0.15) is 5.78 Å². The fourth-order valence-corrected chi connectivity index (χ4v) is 1.27. The number of carbonyl (C=O) groups excluding carboxylic acids is 1. The van der Waals surface area contributed by atoms with E-state index in [9.17, 15) is 9.59 Å². The number of carboxylic acids is 1. The van der Waals surface area contributed by atoms with E-state index in [2.05, 4.69) is 20.4 Å². The quantitative estimate of drug-likeness (QED) is 0.491. The maximum absolute atomic E-state index is 11.2. The topological polar surface area (TPSA) is 54.4 Å². The van der Waals surface area contributed by atoms with E-state index in [-0.39, 0.29) is 0 Å². The predicted octanol–water partition coefficient (Wildman–Crippen LogP) is 3.97. The van der Waals surface area contributed by atoms with Crippen molar-refractivity contribution < 1.29 is 14.7 Å². The minimum absolute atomic E-state index is 0.469. The molecule has 0 saturated carbocycles. The molecule has 0 saturated heterocycles. The first-order valence-corrected chi connectivity index (χ1v) is 6.45. The third-order valence-electron chi connectivity index (χ3n) is 2.29. The number of carboxylic acid groups (broad SMARTS) is 1. The van der Waals surface area contributed by atoms with Crippen LogP contribution in [0.4, 0.5) is 0 Å². The normalized spacial score (nSPS) is 9.06. The summed E-state index contributed by atoms with van der Waals surface area (Å²) >= 11 is 0. The van der Waals surface area contributed by atoms with Crippen LogP contribution in [0.25, 0.3) is 0 Å². The van der Waals surface area contributed by atoms with Crippen LogP contribution in [0, 0.1) is 0 Å². The van der Waals surface area contributed by atoms with Gasteiger partial charge in [-0.3, -0.25) is 4.79 Å². The summed E-state index contributed by atoms with van der Waals surface area (Å²) in [6, 6.07) is 0. The van der Waals surface area contributed by atoms with Gasteiger partial charge in [-0.25, -0.2) is 4.79 Å². The summed E-state index contributed by atoms with van der Waals surface area (Å²) < 4.78 is 0. The molecule has 0 aliphatic rings. The van der Waals surface area contributed by atoms with E-state index in [1.165, 1.54) is 25.7 Å². The molecular weight excluding hydrogens is 216 g/mol. The first-order chi connectivity index (χ1) is 8.08. The van der Waals surface area contributed by atoms with Crippen molar-refractivity contribution in [3.63, 3.8) is 0 Å². The lowest BCUT2D eigenvalue weighted by Crippen LogP contribution is -1.96. The molecule has 0 fully saturated rings. The van der Waals surface area contributed by atoms with Crippen LogP contribution in [0.3, 0.4) is 0 Å². The van der Waals surface area contributed by atoms with Crippen LogP contribution in [-0.2, 0) is 9.59 Å². The fourth-order valence-electron chi connectivity index (χ4n) is 1.27. The monoisotopic (exact) mass is 242 g/mol. The SMILES string of the molecule is C=CC(=O)O.CCCCCC(=O)CCCCC. The Bertz CT molecular complexity index is 198. The maximum Gasteiger partial charge on any atom is 0.327 e. The Balaban J connectivity index is 0. The van der Waals surface area contributed by atoms with Gasteiger partial charge in [-0.2, -0.15) is 0 Å². The first kappa shape index (κ1) is 18.3. The van der Waals surface area contributed by atoms with Crippen molar-refractivity contribution >= 4 is 11.8 Å². The van der Waals surface area contributed by atoms with Crippen LogP contribution in [-0.4, -0.2) is 16.9 Å². The number of rotatable bonds is 9. The second-order valence-electron chi connectivity index (χ2n) is 4.00. The summed E-state index contributed by atoms with van der Waals surface area (Å²) in [4.78, 5) is 20.4. The lowest BCUT2D eigenvalue weighted by atomic mass is 10.1. The number of carbonyl (C=O) groups is 2. The zero-order valence-corrected chi connectivity index (χ0v) is 11.2. The molecule has 0 bridgehead atoms. The van der Waals surface area contributed by atoms with Gasteiger partial charge in [-0.15, -0.1) is 0 Å². The van der Waals surface area contributed by atoms with Gasteiger partial charge < -0.3 is 5.11 Å². The largest absolute Gasteiger partial charge is 0.478 e. The fraction of sp³-hybridized carbons (Fsp3) is 0.714. The van der Waals surface area contributed by atoms with Gasteiger partial charge in [0.25, 0.3) is 0 Å². The van der Waals surface area contributed by atoms with Gasteiger partial charge in [0.2, 0.25) is 0 Å². The van der Waals surface area contributed by atoms with Gasteiger partial charge in [0.05, 0.1) is 0 Å². The van der Waals surface area contributed by atoms with Gasteiger partial charge >= 0.3 is 5.97 Å². The third kappa shape index (κ3) is 20.9. The van der Waals surface area contributed by atoms with Gasteiger partial charge in [0.15, 0.2) is 0 Å². The first-order valence-electron chi connectivity index (χ1n) is 6.45. The average molecular weight is 242 g/mol.